The van der Waals surface area contributed by atoms with Gasteiger partial charge < -0.3 is 5.11 Å². The van der Waals surface area contributed by atoms with Crippen LogP contribution in [0.15, 0.2) is 24.3 Å². The summed E-state index contributed by atoms with van der Waals surface area (Å²) in [6.45, 7) is 4.21. The normalized spacial score (nSPS) is 11.8. The lowest BCUT2D eigenvalue weighted by atomic mass is 9.86. The van der Waals surface area contributed by atoms with Gasteiger partial charge in [0.15, 0.2) is 0 Å². The van der Waals surface area contributed by atoms with Crippen LogP contribution in [0.2, 0.25) is 5.02 Å². The third-order valence-corrected chi connectivity index (χ3v) is 3.28. The Balaban J connectivity index is 2.79. The van der Waals surface area contributed by atoms with E-state index in [-0.39, 0.29) is 0 Å². The molecule has 0 aliphatic heterocycles. The molecule has 0 bridgehead atoms. The zero-order valence-electron chi connectivity index (χ0n) is 10.2. The Morgan fingerprint density at radius 2 is 1.69 bits per heavy atom. The number of hydrogen-bond acceptors (Lipinski definition) is 1. The summed E-state index contributed by atoms with van der Waals surface area (Å²) in [6.07, 6.45) is 4.34. The molecule has 1 N–H and O–H groups in total. The first-order valence-electron chi connectivity index (χ1n) is 6.07. The van der Waals surface area contributed by atoms with Crippen LogP contribution in [-0.4, -0.2) is 10.7 Å². The Kier molecular flexibility index (Phi) is 5.30. The quantitative estimate of drug-likeness (QED) is 0.790. The van der Waals surface area contributed by atoms with Crippen LogP contribution in [-0.2, 0) is 6.42 Å². The van der Waals surface area contributed by atoms with Crippen molar-refractivity contribution in [3.05, 3.63) is 34.9 Å². The molecule has 0 aliphatic carbocycles. The smallest absolute Gasteiger partial charge is 0.0688 e. The number of benzene rings is 1. The van der Waals surface area contributed by atoms with Crippen molar-refractivity contribution < 1.29 is 5.11 Å². The minimum atomic E-state index is -0.589. The highest BCUT2D eigenvalue weighted by Crippen LogP contribution is 2.27. The number of halogens is 1. The highest BCUT2D eigenvalue weighted by Gasteiger charge is 2.25. The summed E-state index contributed by atoms with van der Waals surface area (Å²) in [5.74, 6) is 0. The molecule has 0 aromatic heterocycles. The molecule has 0 fully saturated rings. The first kappa shape index (κ1) is 13.5. The first-order valence-corrected chi connectivity index (χ1v) is 6.45. The summed E-state index contributed by atoms with van der Waals surface area (Å²) in [6, 6.07) is 7.78. The van der Waals surface area contributed by atoms with Gasteiger partial charge in [0.1, 0.15) is 0 Å². The summed E-state index contributed by atoms with van der Waals surface area (Å²) in [7, 11) is 0. The van der Waals surface area contributed by atoms with Gasteiger partial charge >= 0.3 is 0 Å². The van der Waals surface area contributed by atoms with Gasteiger partial charge in [-0.15, -0.1) is 0 Å². The van der Waals surface area contributed by atoms with Crippen molar-refractivity contribution in [1.29, 1.82) is 0 Å². The molecule has 0 radical (unpaired) electrons. The Hall–Kier alpha value is -0.530. The molecule has 1 nitrogen and oxygen atoms in total. The van der Waals surface area contributed by atoms with Crippen LogP contribution in [0.5, 0.6) is 0 Å². The maximum atomic E-state index is 10.5. The second-order valence-corrected chi connectivity index (χ2v) is 4.90. The molecule has 0 aliphatic rings. The molecule has 0 spiro atoms. The van der Waals surface area contributed by atoms with Gasteiger partial charge in [0.2, 0.25) is 0 Å². The van der Waals surface area contributed by atoms with E-state index in [0.717, 1.165) is 36.3 Å². The van der Waals surface area contributed by atoms with Crippen molar-refractivity contribution >= 4 is 11.6 Å². The van der Waals surface area contributed by atoms with Crippen molar-refractivity contribution in [3.8, 4) is 0 Å². The fraction of sp³-hybridized carbons (Fsp3) is 0.571. The lowest BCUT2D eigenvalue weighted by Crippen LogP contribution is -2.31. The molecule has 0 atom stereocenters. The van der Waals surface area contributed by atoms with E-state index in [2.05, 4.69) is 13.8 Å². The van der Waals surface area contributed by atoms with Crippen LogP contribution in [0.4, 0.5) is 0 Å². The molecule has 0 unspecified atom stereocenters. The van der Waals surface area contributed by atoms with Gasteiger partial charge in [-0.1, -0.05) is 56.5 Å². The van der Waals surface area contributed by atoms with E-state index in [1.807, 2.05) is 24.3 Å². The third-order valence-electron chi connectivity index (χ3n) is 2.91. The predicted octanol–water partition coefficient (Wildman–Crippen LogP) is 4.21. The van der Waals surface area contributed by atoms with Crippen molar-refractivity contribution in [1.82, 2.24) is 0 Å². The highest BCUT2D eigenvalue weighted by molar-refractivity contribution is 6.31. The molecule has 0 saturated heterocycles. The molecule has 2 heteroatoms. The molecule has 90 valence electrons. The highest BCUT2D eigenvalue weighted by atomic mass is 35.5. The summed E-state index contributed by atoms with van der Waals surface area (Å²) >= 11 is 6.12. The molecular weight excluding hydrogens is 220 g/mol. The van der Waals surface area contributed by atoms with Gasteiger partial charge in [-0.2, -0.15) is 0 Å². The van der Waals surface area contributed by atoms with Crippen molar-refractivity contribution in [3.63, 3.8) is 0 Å². The monoisotopic (exact) mass is 240 g/mol. The minimum absolute atomic E-state index is 0.589. The van der Waals surface area contributed by atoms with Gasteiger partial charge in [-0.05, 0) is 24.5 Å². The van der Waals surface area contributed by atoms with E-state index in [1.54, 1.807) is 0 Å². The van der Waals surface area contributed by atoms with Crippen LogP contribution in [0, 0.1) is 0 Å². The summed E-state index contributed by atoms with van der Waals surface area (Å²) in [5, 5.41) is 11.3. The Morgan fingerprint density at radius 3 is 2.19 bits per heavy atom. The molecule has 1 rings (SSSR count). The van der Waals surface area contributed by atoms with Gasteiger partial charge in [-0.25, -0.2) is 0 Å². The lowest BCUT2D eigenvalue weighted by molar-refractivity contribution is 0.0216. The van der Waals surface area contributed by atoms with E-state index in [4.69, 9.17) is 11.6 Å². The van der Waals surface area contributed by atoms with Crippen LogP contribution >= 0.6 is 11.6 Å². The molecule has 1 aromatic carbocycles. The Bertz CT molecular complexity index is 316. The zero-order chi connectivity index (χ0) is 12.0. The second-order valence-electron chi connectivity index (χ2n) is 4.49. The van der Waals surface area contributed by atoms with Crippen molar-refractivity contribution in [2.45, 2.75) is 51.6 Å². The SMILES string of the molecule is CCCC(O)(CCC)Cc1ccccc1Cl. The molecule has 0 heterocycles. The predicted molar refractivity (Wildman–Crippen MR) is 69.9 cm³/mol. The lowest BCUT2D eigenvalue weighted by Gasteiger charge is -2.28. The standard InChI is InChI=1S/C14H21ClO/c1-3-9-14(16,10-4-2)11-12-7-5-6-8-13(12)15/h5-8,16H,3-4,9-11H2,1-2H3. The molecule has 0 amide bonds. The minimum Gasteiger partial charge on any atom is -0.390 e. The van der Waals surface area contributed by atoms with Gasteiger partial charge in [0.05, 0.1) is 5.60 Å². The van der Waals surface area contributed by atoms with E-state index < -0.39 is 5.60 Å². The summed E-state index contributed by atoms with van der Waals surface area (Å²) < 4.78 is 0. The summed E-state index contributed by atoms with van der Waals surface area (Å²) in [4.78, 5) is 0. The van der Waals surface area contributed by atoms with E-state index in [9.17, 15) is 5.11 Å². The van der Waals surface area contributed by atoms with Crippen LogP contribution < -0.4 is 0 Å². The van der Waals surface area contributed by atoms with E-state index in [0.29, 0.717) is 6.42 Å². The molecule has 0 saturated carbocycles. The first-order chi connectivity index (χ1) is 7.61. The van der Waals surface area contributed by atoms with Crippen LogP contribution in [0.25, 0.3) is 0 Å². The average Bonchev–Trinajstić information content (AvgIpc) is 2.22. The maximum Gasteiger partial charge on any atom is 0.0688 e. The van der Waals surface area contributed by atoms with Crippen LogP contribution in [0.1, 0.15) is 45.1 Å². The second kappa shape index (κ2) is 6.27. The average molecular weight is 241 g/mol. The number of aliphatic hydroxyl groups is 1. The molecule has 16 heavy (non-hydrogen) atoms. The molecule has 1 aromatic rings. The third kappa shape index (κ3) is 3.80. The van der Waals surface area contributed by atoms with Gasteiger partial charge in [0, 0.05) is 11.4 Å². The topological polar surface area (TPSA) is 20.2 Å². The van der Waals surface area contributed by atoms with Gasteiger partial charge in [-0.3, -0.25) is 0 Å². The number of rotatable bonds is 6. The van der Waals surface area contributed by atoms with Gasteiger partial charge in [0.25, 0.3) is 0 Å². The number of hydrogen-bond donors (Lipinski definition) is 1. The van der Waals surface area contributed by atoms with Crippen molar-refractivity contribution in [2.24, 2.45) is 0 Å². The molecular formula is C14H21ClO. The largest absolute Gasteiger partial charge is 0.390 e. The Morgan fingerprint density at radius 1 is 1.12 bits per heavy atom. The fourth-order valence-electron chi connectivity index (χ4n) is 2.23. The van der Waals surface area contributed by atoms with E-state index in [1.165, 1.54) is 0 Å². The summed E-state index contributed by atoms with van der Waals surface area (Å²) in [5.41, 5.74) is 0.461. The van der Waals surface area contributed by atoms with Crippen molar-refractivity contribution in [2.75, 3.05) is 0 Å². The zero-order valence-corrected chi connectivity index (χ0v) is 10.9. The van der Waals surface area contributed by atoms with E-state index >= 15 is 0 Å². The maximum absolute atomic E-state index is 10.5. The fourth-order valence-corrected chi connectivity index (χ4v) is 2.43. The Labute approximate surface area is 103 Å². The van der Waals surface area contributed by atoms with Crippen LogP contribution in [0.3, 0.4) is 0 Å².